The summed E-state index contributed by atoms with van der Waals surface area (Å²) < 4.78 is 88.1. The molecule has 2 spiro atoms. The third-order valence-electron chi connectivity index (χ3n) is 25.4. The van der Waals surface area contributed by atoms with Crippen molar-refractivity contribution < 1.29 is 44.8 Å². The fourth-order valence-electron chi connectivity index (χ4n) is 17.8. The van der Waals surface area contributed by atoms with Crippen LogP contribution < -0.4 is 28.7 Å². The Morgan fingerprint density at radius 2 is 0.926 bits per heavy atom. The van der Waals surface area contributed by atoms with Crippen LogP contribution in [-0.4, -0.2) is 107 Å². The highest BCUT2D eigenvalue weighted by molar-refractivity contribution is 7.91. The number of carbonyl (C=O) groups is 2. The SMILES string of the molecule is CC(C)(C)[Si](C)(C)O[C@@H]1[C@@H]2CCC[C@@H](C2)S(=O)(=O)NC(=O)c2ccc3c(c2)N(C[C@@H]2CC[C@H]21)C[C@@]1(CCCc2cc(Cl)ccc21)CO3.CC(C)(C)[Si](C)(C)O[C@@H]1[C@@H]2CCC[C@H](C2)S(=O)(=O)NC(=O)c2ccc3c(c2)N(C[C@@H]2CC[C@H]21)C[C@@]1(CCCc2cc(Cl)ccc21)CO3. The Morgan fingerprint density at radius 3 is 1.30 bits per heavy atom. The van der Waals surface area contributed by atoms with E-state index in [1.54, 1.807) is 12.1 Å². The Morgan fingerprint density at radius 1 is 0.521 bits per heavy atom. The number of rotatable bonds is 4. The van der Waals surface area contributed by atoms with Crippen LogP contribution in [0.3, 0.4) is 0 Å². The number of benzene rings is 4. The molecule has 4 heterocycles. The molecule has 2 amide bonds. The lowest BCUT2D eigenvalue weighted by molar-refractivity contribution is -0.0228. The molecule has 12 atom stereocenters. The van der Waals surface area contributed by atoms with Crippen LogP contribution in [0.25, 0.3) is 0 Å². The van der Waals surface area contributed by atoms with Gasteiger partial charge in [-0.3, -0.25) is 9.59 Å². The summed E-state index contributed by atoms with van der Waals surface area (Å²) in [6.45, 7) is 27.3. The van der Waals surface area contributed by atoms with E-state index in [-0.39, 0.29) is 45.0 Å². The average molecular weight is 1400 g/mol. The molecule has 0 aromatic heterocycles. The molecule has 14 rings (SSSR count). The monoisotopic (exact) mass is 1400 g/mol. The summed E-state index contributed by atoms with van der Waals surface area (Å²) >= 11 is 12.9. The van der Waals surface area contributed by atoms with Gasteiger partial charge in [0.15, 0.2) is 16.6 Å². The number of hydrogen-bond donors (Lipinski definition) is 2. The van der Waals surface area contributed by atoms with Gasteiger partial charge < -0.3 is 28.1 Å². The predicted octanol–water partition coefficient (Wildman–Crippen LogP) is 15.7. The van der Waals surface area contributed by atoms with E-state index >= 15 is 0 Å². The molecule has 6 aliphatic carbocycles. The van der Waals surface area contributed by atoms with Crippen LogP contribution in [0.5, 0.6) is 11.5 Å². The van der Waals surface area contributed by atoms with Crippen LogP contribution in [-0.2, 0) is 52.6 Å². The van der Waals surface area contributed by atoms with Crippen LogP contribution in [0.4, 0.5) is 11.4 Å². The van der Waals surface area contributed by atoms with Gasteiger partial charge in [-0.15, -0.1) is 0 Å². The minimum atomic E-state index is -3.87. The van der Waals surface area contributed by atoms with Crippen molar-refractivity contribution in [1.82, 2.24) is 9.44 Å². The molecule has 2 N–H and O–H groups in total. The molecule has 8 bridgehead atoms. The van der Waals surface area contributed by atoms with Crippen LogP contribution in [0, 0.1) is 35.5 Å². The van der Waals surface area contributed by atoms with Gasteiger partial charge in [0.05, 0.1) is 47.3 Å². The lowest BCUT2D eigenvalue weighted by atomic mass is 9.65. The number of sulfonamides is 2. The van der Waals surface area contributed by atoms with E-state index in [1.807, 2.05) is 36.4 Å². The van der Waals surface area contributed by atoms with Gasteiger partial charge >= 0.3 is 0 Å². The molecule has 94 heavy (non-hydrogen) atoms. The van der Waals surface area contributed by atoms with Crippen molar-refractivity contribution in [1.29, 1.82) is 0 Å². The fourth-order valence-corrected chi connectivity index (χ4v) is 24.0. The number of anilines is 2. The predicted molar refractivity (Wildman–Crippen MR) is 381 cm³/mol. The van der Waals surface area contributed by atoms with Crippen molar-refractivity contribution >= 4 is 83.1 Å². The molecule has 14 nitrogen and oxygen atoms in total. The molecule has 4 fully saturated rings. The summed E-state index contributed by atoms with van der Waals surface area (Å²) in [4.78, 5) is 32.2. The van der Waals surface area contributed by atoms with Gasteiger partial charge in [0.2, 0.25) is 20.0 Å². The average Bonchev–Trinajstić information content (AvgIpc) is 1.41. The molecular formula is C74H102Cl2N4O10S2Si2. The highest BCUT2D eigenvalue weighted by Crippen LogP contribution is 2.54. The number of amides is 2. The van der Waals surface area contributed by atoms with Gasteiger partial charge in [0, 0.05) is 58.2 Å². The van der Waals surface area contributed by atoms with E-state index in [1.165, 1.54) is 22.3 Å². The number of carbonyl (C=O) groups excluding carboxylic acids is 2. The summed E-state index contributed by atoms with van der Waals surface area (Å²) in [5, 5.41) is 0.409. The maximum Gasteiger partial charge on any atom is 0.264 e. The second-order valence-electron chi connectivity index (χ2n) is 33.3. The number of fused-ring (bicyclic) bond motifs is 12. The van der Waals surface area contributed by atoms with E-state index in [0.717, 1.165) is 149 Å². The van der Waals surface area contributed by atoms with E-state index in [0.29, 0.717) is 73.7 Å². The maximum absolute atomic E-state index is 13.8. The van der Waals surface area contributed by atoms with Crippen molar-refractivity contribution in [3.8, 4) is 11.5 Å². The lowest BCUT2D eigenvalue weighted by Gasteiger charge is -2.52. The first kappa shape index (κ1) is 68.4. The Kier molecular flexibility index (Phi) is 18.6. The van der Waals surface area contributed by atoms with Gasteiger partial charge in [-0.2, -0.15) is 0 Å². The first-order chi connectivity index (χ1) is 44.3. The zero-order chi connectivity index (χ0) is 66.7. The maximum atomic E-state index is 13.8. The zero-order valence-electron chi connectivity index (χ0n) is 57.2. The number of halogens is 2. The molecule has 4 aliphatic heterocycles. The number of ether oxygens (including phenoxy) is 2. The van der Waals surface area contributed by atoms with Crippen LogP contribution >= 0.6 is 23.2 Å². The summed E-state index contributed by atoms with van der Waals surface area (Å²) in [5.74, 6) is 2.16. The van der Waals surface area contributed by atoms with Crippen LogP contribution in [0.15, 0.2) is 72.8 Å². The summed E-state index contributed by atoms with van der Waals surface area (Å²) in [6, 6.07) is 23.5. The third kappa shape index (κ3) is 13.2. The molecule has 0 saturated heterocycles. The topological polar surface area (TPSA) is 170 Å². The highest BCUT2D eigenvalue weighted by Gasteiger charge is 2.54. The Labute approximate surface area is 572 Å². The van der Waals surface area contributed by atoms with Gasteiger partial charge in [0.25, 0.3) is 11.8 Å². The first-order valence-electron chi connectivity index (χ1n) is 35.4. The van der Waals surface area contributed by atoms with Crippen molar-refractivity contribution in [3.63, 3.8) is 0 Å². The third-order valence-corrected chi connectivity index (χ3v) is 38.4. The first-order valence-corrected chi connectivity index (χ1v) is 45.1. The van der Waals surface area contributed by atoms with Crippen LogP contribution in [0.1, 0.15) is 187 Å². The highest BCUT2D eigenvalue weighted by atomic mass is 35.5. The summed E-state index contributed by atoms with van der Waals surface area (Å²) in [7, 11) is -12.1. The number of nitrogens with zero attached hydrogens (tertiary/aromatic N) is 2. The number of aryl methyl sites for hydroxylation is 2. The molecule has 10 aliphatic rings. The Hall–Kier alpha value is -4.15. The van der Waals surface area contributed by atoms with Gasteiger partial charge in [0.1, 0.15) is 11.5 Å². The van der Waals surface area contributed by atoms with Crippen molar-refractivity contribution in [3.05, 3.63) is 116 Å². The number of nitrogens with one attached hydrogen (secondary N) is 2. The molecule has 512 valence electrons. The van der Waals surface area contributed by atoms with E-state index < -0.39 is 59.0 Å². The normalized spacial score (nSPS) is 32.1. The van der Waals surface area contributed by atoms with Gasteiger partial charge in [-0.05, 0) is 257 Å². The lowest BCUT2D eigenvalue weighted by Crippen LogP contribution is -2.55. The van der Waals surface area contributed by atoms with Crippen molar-refractivity contribution in [2.45, 2.75) is 227 Å². The molecular weight excluding hydrogens is 1300 g/mol. The zero-order valence-corrected chi connectivity index (χ0v) is 62.4. The van der Waals surface area contributed by atoms with Gasteiger partial charge in [-0.1, -0.05) is 89.7 Å². The molecule has 4 saturated carbocycles. The second-order valence-corrected chi connectivity index (χ2v) is 47.6. The van der Waals surface area contributed by atoms with Crippen molar-refractivity contribution in [2.24, 2.45) is 35.5 Å². The Balaban J connectivity index is 0.000000171. The minimum Gasteiger partial charge on any atom is -0.490 e. The van der Waals surface area contributed by atoms with Crippen molar-refractivity contribution in [2.75, 3.05) is 49.2 Å². The fraction of sp³-hybridized carbons (Fsp3) is 0.649. The minimum absolute atomic E-state index is 0.00632. The Bertz CT molecular complexity index is 3560. The molecule has 0 unspecified atom stereocenters. The van der Waals surface area contributed by atoms with Crippen LogP contribution in [0.2, 0.25) is 46.3 Å². The van der Waals surface area contributed by atoms with E-state index in [4.69, 9.17) is 41.5 Å². The molecule has 20 heteroatoms. The van der Waals surface area contributed by atoms with Gasteiger partial charge in [-0.25, -0.2) is 26.3 Å². The van der Waals surface area contributed by atoms with E-state index in [2.05, 4.69) is 111 Å². The summed E-state index contributed by atoms with van der Waals surface area (Å²) in [6.07, 6.45) is 16.4. The standard InChI is InChI=1S/2C37H51ClN2O5SSi/c2*1-36(2,3)47(4,5)45-34-25-8-6-10-29(19-25)46(42,43)39-35(41)26-12-16-33-32(20-26)40(21-27-11-14-30(27)34)22-37(23-44-33)17-7-9-24-18-28(38)13-15-31(24)37/h2*12-13,15-16,18,20,25,27,29-30,34H,6-11,14,17,19,21-23H2,1-5H3,(H,39,41)/t25-,27+,29+,30-,34-,37+;25-,27+,29-,30-,34-,37+/m11/s1. The molecule has 0 radical (unpaired) electrons. The molecule has 4 aromatic carbocycles. The second kappa shape index (κ2) is 25.5. The summed E-state index contributed by atoms with van der Waals surface area (Å²) in [5.41, 5.74) is 7.20. The smallest absolute Gasteiger partial charge is 0.264 e. The largest absolute Gasteiger partial charge is 0.490 e. The molecule has 4 aromatic rings. The van der Waals surface area contributed by atoms with E-state index in [9.17, 15) is 26.4 Å². The quantitative estimate of drug-likeness (QED) is 0.186. The number of hydrogen-bond acceptors (Lipinski definition) is 12.